The molecule has 0 atom stereocenters. The monoisotopic (exact) mass is 428 g/mol. The van der Waals surface area contributed by atoms with E-state index in [2.05, 4.69) is 16.3 Å². The maximum Gasteiger partial charge on any atom is 0.251 e. The van der Waals surface area contributed by atoms with E-state index < -0.39 is 0 Å². The second kappa shape index (κ2) is 11.6. The lowest BCUT2D eigenvalue weighted by Crippen LogP contribution is -2.37. The van der Waals surface area contributed by atoms with Crippen LogP contribution in [0.3, 0.4) is 0 Å². The minimum Gasteiger partial charge on any atom is -0.497 e. The van der Waals surface area contributed by atoms with Crippen LogP contribution < -0.4 is 19.5 Å². The number of rotatable bonds is 10. The minimum absolute atomic E-state index is 0.120. The van der Waals surface area contributed by atoms with Gasteiger partial charge in [-0.15, -0.1) is 0 Å². The number of hydrogen-bond donors (Lipinski definition) is 1. The van der Waals surface area contributed by atoms with Gasteiger partial charge in [0.2, 0.25) is 0 Å². The van der Waals surface area contributed by atoms with Crippen LogP contribution in [0, 0.1) is 0 Å². The van der Waals surface area contributed by atoms with Crippen LogP contribution in [0.1, 0.15) is 28.8 Å². The molecule has 0 radical (unpaired) electrons. The van der Waals surface area contributed by atoms with E-state index in [1.54, 1.807) is 33.5 Å². The van der Waals surface area contributed by atoms with E-state index in [1.165, 1.54) is 0 Å². The molecule has 1 fully saturated rings. The normalized spacial score (nSPS) is 14.8. The van der Waals surface area contributed by atoms with E-state index in [0.717, 1.165) is 55.3 Å². The third-order valence-corrected chi connectivity index (χ3v) is 5.41. The second-order valence-corrected chi connectivity index (χ2v) is 7.55. The van der Waals surface area contributed by atoms with Crippen molar-refractivity contribution in [1.82, 2.24) is 10.2 Å². The van der Waals surface area contributed by atoms with Gasteiger partial charge in [0.1, 0.15) is 23.4 Å². The van der Waals surface area contributed by atoms with Crippen LogP contribution in [-0.4, -0.2) is 64.5 Å². The maximum absolute atomic E-state index is 12.2. The van der Waals surface area contributed by atoms with Crippen molar-refractivity contribution in [2.45, 2.75) is 25.5 Å². The zero-order valence-corrected chi connectivity index (χ0v) is 18.6. The van der Waals surface area contributed by atoms with Crippen LogP contribution in [0.4, 0.5) is 0 Å². The second-order valence-electron chi connectivity index (χ2n) is 7.55. The molecule has 3 rings (SSSR count). The molecule has 0 saturated carbocycles. The Bertz CT molecular complexity index is 850. The summed E-state index contributed by atoms with van der Waals surface area (Å²) in [5.41, 5.74) is 1.74. The number of nitrogens with zero attached hydrogens (tertiary/aromatic N) is 1. The lowest BCUT2D eigenvalue weighted by Gasteiger charge is -2.32. The average Bonchev–Trinajstić information content (AvgIpc) is 2.81. The fraction of sp³-hybridized carbons (Fsp3) is 0.458. The van der Waals surface area contributed by atoms with Crippen LogP contribution >= 0.6 is 0 Å². The number of hydrogen-bond acceptors (Lipinski definition) is 6. The van der Waals surface area contributed by atoms with Crippen molar-refractivity contribution in [2.24, 2.45) is 0 Å². The highest BCUT2D eigenvalue weighted by Crippen LogP contribution is 2.27. The predicted octanol–water partition coefficient (Wildman–Crippen LogP) is 3.12. The van der Waals surface area contributed by atoms with Gasteiger partial charge in [-0.2, -0.15) is 0 Å². The zero-order valence-electron chi connectivity index (χ0n) is 18.6. The molecule has 2 aromatic rings. The summed E-state index contributed by atoms with van der Waals surface area (Å²) >= 11 is 0. The molecule has 7 heteroatoms. The van der Waals surface area contributed by atoms with E-state index in [9.17, 15) is 4.79 Å². The van der Waals surface area contributed by atoms with Crippen LogP contribution in [0.15, 0.2) is 42.5 Å². The number of amides is 1. The molecular formula is C24H32N2O5. The molecule has 1 aliphatic rings. The molecule has 0 unspecified atom stereocenters. The summed E-state index contributed by atoms with van der Waals surface area (Å²) in [4.78, 5) is 14.6. The van der Waals surface area contributed by atoms with Gasteiger partial charge in [0.05, 0.1) is 20.8 Å². The first kappa shape index (κ1) is 22.9. The highest BCUT2D eigenvalue weighted by atomic mass is 16.5. The van der Waals surface area contributed by atoms with Crippen molar-refractivity contribution in [3.63, 3.8) is 0 Å². The lowest BCUT2D eigenvalue weighted by atomic mass is 10.1. The van der Waals surface area contributed by atoms with Crippen molar-refractivity contribution in [2.75, 3.05) is 47.6 Å². The van der Waals surface area contributed by atoms with E-state index in [0.29, 0.717) is 18.7 Å². The van der Waals surface area contributed by atoms with E-state index >= 15 is 0 Å². The third kappa shape index (κ3) is 6.60. The first-order valence-electron chi connectivity index (χ1n) is 10.6. The quantitative estimate of drug-likeness (QED) is 0.587. The molecule has 0 aromatic heterocycles. The van der Waals surface area contributed by atoms with Crippen molar-refractivity contribution in [1.29, 1.82) is 0 Å². The first-order valence-corrected chi connectivity index (χ1v) is 10.6. The topological polar surface area (TPSA) is 69.3 Å². The zero-order chi connectivity index (χ0) is 22.1. The van der Waals surface area contributed by atoms with Crippen molar-refractivity contribution >= 4 is 5.91 Å². The van der Waals surface area contributed by atoms with Gasteiger partial charge < -0.3 is 24.3 Å². The van der Waals surface area contributed by atoms with Gasteiger partial charge in [-0.05, 0) is 37.1 Å². The summed E-state index contributed by atoms with van der Waals surface area (Å²) in [7, 11) is 4.95. The number of nitrogens with one attached hydrogen (secondary N) is 1. The van der Waals surface area contributed by atoms with Crippen LogP contribution in [0.2, 0.25) is 0 Å². The number of carbonyl (C=O) groups excluding carboxylic acids is 1. The smallest absolute Gasteiger partial charge is 0.251 e. The number of likely N-dealkylation sites (tertiary alicyclic amines) is 1. The Morgan fingerprint density at radius 1 is 1.03 bits per heavy atom. The molecule has 31 heavy (non-hydrogen) atoms. The molecular weight excluding hydrogens is 396 g/mol. The van der Waals surface area contributed by atoms with Crippen molar-refractivity contribution in [3.8, 4) is 17.2 Å². The highest BCUT2D eigenvalue weighted by Gasteiger charge is 2.22. The van der Waals surface area contributed by atoms with Crippen molar-refractivity contribution < 1.29 is 23.7 Å². The van der Waals surface area contributed by atoms with Gasteiger partial charge >= 0.3 is 0 Å². The lowest BCUT2D eigenvalue weighted by molar-refractivity contribution is 0.0923. The van der Waals surface area contributed by atoms with Crippen LogP contribution in [0.25, 0.3) is 0 Å². The van der Waals surface area contributed by atoms with Gasteiger partial charge in [0, 0.05) is 50.5 Å². The van der Waals surface area contributed by atoms with Gasteiger partial charge in [-0.1, -0.05) is 12.1 Å². The number of piperidine rings is 1. The standard InChI is InChI=1S/C24H32N2O5/c1-28-14-11-25-24(27)18-5-4-6-22(15-18)31-20-9-12-26(13-10-20)17-19-7-8-21(29-2)16-23(19)30-3/h4-8,15-16,20H,9-14,17H2,1-3H3,(H,25,27). The molecule has 168 valence electrons. The van der Waals surface area contributed by atoms with Gasteiger partial charge in [-0.3, -0.25) is 9.69 Å². The van der Waals surface area contributed by atoms with E-state index in [-0.39, 0.29) is 12.0 Å². The molecule has 7 nitrogen and oxygen atoms in total. The molecule has 0 aliphatic carbocycles. The van der Waals surface area contributed by atoms with Gasteiger partial charge in [-0.25, -0.2) is 0 Å². The average molecular weight is 429 g/mol. The Balaban J connectivity index is 1.50. The number of ether oxygens (including phenoxy) is 4. The first-order chi connectivity index (χ1) is 15.1. The summed E-state index contributed by atoms with van der Waals surface area (Å²) in [5, 5.41) is 2.83. The van der Waals surface area contributed by atoms with Crippen LogP contribution in [-0.2, 0) is 11.3 Å². The molecule has 0 bridgehead atoms. The van der Waals surface area contributed by atoms with Gasteiger partial charge in [0.25, 0.3) is 5.91 Å². The molecule has 1 aliphatic heterocycles. The Hall–Kier alpha value is -2.77. The van der Waals surface area contributed by atoms with Crippen LogP contribution in [0.5, 0.6) is 17.2 Å². The molecule has 0 spiro atoms. The summed E-state index contributed by atoms with van der Waals surface area (Å²) in [6.07, 6.45) is 2.01. The largest absolute Gasteiger partial charge is 0.497 e. The Morgan fingerprint density at radius 2 is 1.84 bits per heavy atom. The fourth-order valence-electron chi connectivity index (χ4n) is 3.68. The third-order valence-electron chi connectivity index (χ3n) is 5.41. The summed E-state index contributed by atoms with van der Waals surface area (Å²) in [6.45, 7) is 3.69. The maximum atomic E-state index is 12.2. The molecule has 1 N–H and O–H groups in total. The summed E-state index contributed by atoms with van der Waals surface area (Å²) in [5.74, 6) is 2.25. The Labute approximate surface area is 184 Å². The summed E-state index contributed by atoms with van der Waals surface area (Å²) in [6, 6.07) is 13.3. The molecule has 1 saturated heterocycles. The highest BCUT2D eigenvalue weighted by molar-refractivity contribution is 5.94. The minimum atomic E-state index is -0.120. The van der Waals surface area contributed by atoms with E-state index in [4.69, 9.17) is 18.9 Å². The fourth-order valence-corrected chi connectivity index (χ4v) is 3.68. The van der Waals surface area contributed by atoms with Gasteiger partial charge in [0.15, 0.2) is 0 Å². The molecule has 2 aromatic carbocycles. The number of methoxy groups -OCH3 is 3. The summed E-state index contributed by atoms with van der Waals surface area (Å²) < 4.78 is 21.9. The SMILES string of the molecule is COCCNC(=O)c1cccc(OC2CCN(Cc3ccc(OC)cc3OC)CC2)c1. The Morgan fingerprint density at radius 3 is 2.55 bits per heavy atom. The van der Waals surface area contributed by atoms with Crippen molar-refractivity contribution in [3.05, 3.63) is 53.6 Å². The Kier molecular flexibility index (Phi) is 8.55. The number of benzene rings is 2. The molecule has 1 amide bonds. The molecule has 1 heterocycles. The number of carbonyl (C=O) groups is 1. The predicted molar refractivity (Wildman–Crippen MR) is 119 cm³/mol. The van der Waals surface area contributed by atoms with E-state index in [1.807, 2.05) is 24.3 Å².